The third kappa shape index (κ3) is 13.1. The van der Waals surface area contributed by atoms with Crippen LogP contribution in [-0.2, 0) is 41.7 Å². The molecule has 3 N–H and O–H groups in total. The van der Waals surface area contributed by atoms with Crippen LogP contribution in [0.15, 0.2) is 86.0 Å². The van der Waals surface area contributed by atoms with Gasteiger partial charge >= 0.3 is 11.9 Å². The number of aliphatic hydroxyl groups excluding tert-OH is 1. The standard InChI is InChI=1S/C32H40N2O7/c1-3-5-8-18-30(37)40-23-28(32(39)41-22-25-16-11-7-12-17-25)34-31(38)26(13-4-2)20-29(36)33-27(21-35)19-24-14-9-6-10-15-24/h3-4,6-7,9-12,14-17,26-28,35H,1-2,5,8,13,18-23H2,(H,33,36)(H,34,38). The highest BCUT2D eigenvalue weighted by Gasteiger charge is 2.29. The topological polar surface area (TPSA) is 131 Å². The monoisotopic (exact) mass is 564 g/mol. The van der Waals surface area contributed by atoms with E-state index in [2.05, 4.69) is 23.8 Å². The van der Waals surface area contributed by atoms with Gasteiger partial charge in [0.2, 0.25) is 11.8 Å². The molecule has 9 heteroatoms. The first-order valence-electron chi connectivity index (χ1n) is 13.7. The third-order valence-electron chi connectivity index (χ3n) is 6.19. The van der Waals surface area contributed by atoms with E-state index in [4.69, 9.17) is 9.47 Å². The fourth-order valence-corrected chi connectivity index (χ4v) is 3.98. The van der Waals surface area contributed by atoms with Crippen molar-refractivity contribution in [3.05, 3.63) is 97.1 Å². The summed E-state index contributed by atoms with van der Waals surface area (Å²) >= 11 is 0. The van der Waals surface area contributed by atoms with Crippen molar-refractivity contribution in [2.45, 2.75) is 57.2 Å². The molecule has 9 nitrogen and oxygen atoms in total. The maximum Gasteiger partial charge on any atom is 0.332 e. The summed E-state index contributed by atoms with van der Waals surface area (Å²) in [6.07, 6.45) is 4.92. The van der Waals surface area contributed by atoms with Gasteiger partial charge in [-0.3, -0.25) is 14.4 Å². The summed E-state index contributed by atoms with van der Waals surface area (Å²) in [6, 6.07) is 16.6. The molecule has 0 saturated carbocycles. The second kappa shape index (κ2) is 18.9. The molecule has 0 aliphatic carbocycles. The number of amides is 2. The van der Waals surface area contributed by atoms with Crippen LogP contribution in [0.5, 0.6) is 0 Å². The molecule has 2 aromatic carbocycles. The minimum atomic E-state index is -1.27. The van der Waals surface area contributed by atoms with Crippen LogP contribution in [0, 0.1) is 5.92 Å². The molecule has 2 aromatic rings. The number of rotatable bonds is 19. The van der Waals surface area contributed by atoms with Gasteiger partial charge in [-0.2, -0.15) is 0 Å². The number of aliphatic hydroxyl groups is 1. The summed E-state index contributed by atoms with van der Waals surface area (Å²) in [5.74, 6) is -3.16. The zero-order valence-corrected chi connectivity index (χ0v) is 23.3. The molecule has 0 spiro atoms. The quantitative estimate of drug-likeness (QED) is 0.135. The first-order valence-corrected chi connectivity index (χ1v) is 13.7. The summed E-state index contributed by atoms with van der Waals surface area (Å²) in [4.78, 5) is 51.1. The lowest BCUT2D eigenvalue weighted by atomic mass is 9.98. The molecule has 0 fully saturated rings. The van der Waals surface area contributed by atoms with Crippen LogP contribution < -0.4 is 10.6 Å². The van der Waals surface area contributed by atoms with Crippen LogP contribution >= 0.6 is 0 Å². The van der Waals surface area contributed by atoms with E-state index in [1.54, 1.807) is 30.3 Å². The second-order valence-corrected chi connectivity index (χ2v) is 9.58. The van der Waals surface area contributed by atoms with Crippen LogP contribution in [0.25, 0.3) is 0 Å². The molecule has 3 unspecified atom stereocenters. The van der Waals surface area contributed by atoms with Crippen molar-refractivity contribution in [3.63, 3.8) is 0 Å². The van der Waals surface area contributed by atoms with Gasteiger partial charge in [-0.1, -0.05) is 72.8 Å². The van der Waals surface area contributed by atoms with E-state index in [9.17, 15) is 24.3 Å². The lowest BCUT2D eigenvalue weighted by molar-refractivity contribution is -0.155. The van der Waals surface area contributed by atoms with Crippen molar-refractivity contribution in [2.75, 3.05) is 13.2 Å². The van der Waals surface area contributed by atoms with E-state index >= 15 is 0 Å². The van der Waals surface area contributed by atoms with Crippen molar-refractivity contribution >= 4 is 23.8 Å². The Morgan fingerprint density at radius 1 is 0.878 bits per heavy atom. The molecule has 0 bridgehead atoms. The molecule has 0 aliphatic rings. The molecule has 41 heavy (non-hydrogen) atoms. The zero-order valence-electron chi connectivity index (χ0n) is 23.3. The highest BCUT2D eigenvalue weighted by atomic mass is 16.6. The number of unbranched alkanes of at least 4 members (excludes halogenated alkanes) is 1. The smallest absolute Gasteiger partial charge is 0.332 e. The summed E-state index contributed by atoms with van der Waals surface area (Å²) in [7, 11) is 0. The Balaban J connectivity index is 2.03. The average Bonchev–Trinajstić information content (AvgIpc) is 2.98. The number of hydrogen-bond acceptors (Lipinski definition) is 7. The average molecular weight is 565 g/mol. The van der Waals surface area contributed by atoms with Gasteiger partial charge in [-0.05, 0) is 36.8 Å². The number of ether oxygens (including phenoxy) is 2. The second-order valence-electron chi connectivity index (χ2n) is 9.58. The van der Waals surface area contributed by atoms with Gasteiger partial charge in [0.15, 0.2) is 6.04 Å². The maximum absolute atomic E-state index is 13.2. The van der Waals surface area contributed by atoms with Gasteiger partial charge in [0.1, 0.15) is 13.2 Å². The highest BCUT2D eigenvalue weighted by molar-refractivity contribution is 5.89. The molecule has 0 radical (unpaired) electrons. The lowest BCUT2D eigenvalue weighted by Crippen LogP contribution is -2.48. The van der Waals surface area contributed by atoms with Crippen molar-refractivity contribution in [1.82, 2.24) is 10.6 Å². The molecule has 3 atom stereocenters. The van der Waals surface area contributed by atoms with Gasteiger partial charge in [-0.25, -0.2) is 4.79 Å². The number of esters is 2. The van der Waals surface area contributed by atoms with Crippen LogP contribution in [0.1, 0.15) is 43.2 Å². The van der Waals surface area contributed by atoms with Gasteiger partial charge in [-0.15, -0.1) is 13.2 Å². The van der Waals surface area contributed by atoms with Crippen molar-refractivity contribution in [1.29, 1.82) is 0 Å². The summed E-state index contributed by atoms with van der Waals surface area (Å²) in [6.45, 7) is 6.58. The molecule has 2 amide bonds. The molecule has 2 rings (SSSR count). The number of nitrogens with one attached hydrogen (secondary N) is 2. The Morgan fingerprint density at radius 2 is 1.54 bits per heavy atom. The van der Waals surface area contributed by atoms with Gasteiger partial charge in [0.05, 0.1) is 18.6 Å². The van der Waals surface area contributed by atoms with Crippen LogP contribution in [0.4, 0.5) is 0 Å². The molecule has 0 aliphatic heterocycles. The highest BCUT2D eigenvalue weighted by Crippen LogP contribution is 2.13. The van der Waals surface area contributed by atoms with Crippen molar-refractivity contribution in [2.24, 2.45) is 5.92 Å². The number of hydrogen-bond donors (Lipinski definition) is 3. The van der Waals surface area contributed by atoms with E-state index < -0.39 is 48.4 Å². The van der Waals surface area contributed by atoms with Gasteiger partial charge in [0.25, 0.3) is 0 Å². The van der Waals surface area contributed by atoms with Crippen LogP contribution in [-0.4, -0.2) is 54.2 Å². The van der Waals surface area contributed by atoms with E-state index in [0.717, 1.165) is 11.1 Å². The number of benzene rings is 2. The third-order valence-corrected chi connectivity index (χ3v) is 6.19. The Hall–Kier alpha value is -4.24. The van der Waals surface area contributed by atoms with Gasteiger partial charge < -0.3 is 25.2 Å². The van der Waals surface area contributed by atoms with Crippen molar-refractivity contribution in [3.8, 4) is 0 Å². The fraction of sp³-hybridized carbons (Fsp3) is 0.375. The largest absolute Gasteiger partial charge is 0.463 e. The van der Waals surface area contributed by atoms with Crippen LogP contribution in [0.3, 0.4) is 0 Å². The molecular weight excluding hydrogens is 524 g/mol. The van der Waals surface area contributed by atoms with E-state index in [-0.39, 0.29) is 32.5 Å². The van der Waals surface area contributed by atoms with Crippen molar-refractivity contribution < 1.29 is 33.8 Å². The number of carbonyl (C=O) groups excluding carboxylic acids is 4. The van der Waals surface area contributed by atoms with E-state index in [1.165, 1.54) is 6.08 Å². The Bertz CT molecular complexity index is 1120. The zero-order chi connectivity index (χ0) is 29.9. The molecule has 0 heterocycles. The van der Waals surface area contributed by atoms with E-state index in [1.807, 2.05) is 36.4 Å². The SMILES string of the molecule is C=CCCCC(=O)OCC(NC(=O)C(CC=C)CC(=O)NC(CO)Cc1ccccc1)C(=O)OCc1ccccc1. The lowest BCUT2D eigenvalue weighted by Gasteiger charge is -2.22. The molecule has 0 aromatic heterocycles. The normalized spacial score (nSPS) is 12.7. The number of carbonyl (C=O) groups is 4. The summed E-state index contributed by atoms with van der Waals surface area (Å²) in [5, 5.41) is 15.1. The summed E-state index contributed by atoms with van der Waals surface area (Å²) in [5.41, 5.74) is 1.70. The predicted molar refractivity (Wildman–Crippen MR) is 155 cm³/mol. The fourth-order valence-electron chi connectivity index (χ4n) is 3.98. The maximum atomic E-state index is 13.2. The minimum Gasteiger partial charge on any atom is -0.463 e. The first kappa shape index (κ1) is 33.0. The first-order chi connectivity index (χ1) is 19.9. The Kier molecular flexibility index (Phi) is 15.2. The van der Waals surface area contributed by atoms with Crippen LogP contribution in [0.2, 0.25) is 0 Å². The number of allylic oxidation sites excluding steroid dienone is 2. The predicted octanol–water partition coefficient (Wildman–Crippen LogP) is 3.42. The Morgan fingerprint density at radius 3 is 2.15 bits per heavy atom. The van der Waals surface area contributed by atoms with E-state index in [0.29, 0.717) is 19.3 Å². The molecule has 220 valence electrons. The molecular formula is C32H40N2O7. The molecule has 0 saturated heterocycles. The van der Waals surface area contributed by atoms with Gasteiger partial charge in [0, 0.05) is 12.8 Å². The summed E-state index contributed by atoms with van der Waals surface area (Å²) < 4.78 is 10.6. The minimum absolute atomic E-state index is 0.0260. The Labute approximate surface area is 241 Å².